The second-order valence-electron chi connectivity index (χ2n) is 6.20. The Labute approximate surface area is 150 Å². The Kier molecular flexibility index (Phi) is 4.32. The van der Waals surface area contributed by atoms with E-state index in [2.05, 4.69) is 9.97 Å². The Bertz CT molecular complexity index is 900. The van der Waals surface area contributed by atoms with E-state index in [1.165, 1.54) is 0 Å². The predicted octanol–water partition coefficient (Wildman–Crippen LogP) is 3.90. The van der Waals surface area contributed by atoms with Crippen LogP contribution < -0.4 is 4.74 Å². The van der Waals surface area contributed by atoms with Crippen LogP contribution in [0.4, 0.5) is 0 Å². The van der Waals surface area contributed by atoms with Gasteiger partial charge in [-0.1, -0.05) is 17.7 Å². The zero-order valence-corrected chi connectivity index (χ0v) is 14.4. The van der Waals surface area contributed by atoms with Crippen molar-refractivity contribution in [2.45, 2.75) is 18.9 Å². The van der Waals surface area contributed by atoms with Crippen molar-refractivity contribution in [1.82, 2.24) is 14.9 Å². The molecule has 1 saturated heterocycles. The Hall–Kier alpha value is -2.53. The summed E-state index contributed by atoms with van der Waals surface area (Å²) in [6.07, 6.45) is 6.76. The van der Waals surface area contributed by atoms with E-state index >= 15 is 0 Å². The molecule has 1 fully saturated rings. The van der Waals surface area contributed by atoms with Crippen LogP contribution in [0.5, 0.6) is 5.75 Å². The van der Waals surface area contributed by atoms with Gasteiger partial charge in [0.15, 0.2) is 0 Å². The molecule has 0 aliphatic carbocycles. The summed E-state index contributed by atoms with van der Waals surface area (Å²) in [5.74, 6) is 0.718. The van der Waals surface area contributed by atoms with Crippen LogP contribution in [0.3, 0.4) is 0 Å². The van der Waals surface area contributed by atoms with Crippen molar-refractivity contribution in [2.75, 3.05) is 13.1 Å². The number of likely N-dealkylation sites (tertiary alicyclic amines) is 1. The minimum atomic E-state index is 0.0647. The lowest BCUT2D eigenvalue weighted by molar-refractivity contribution is 0.0595. The Morgan fingerprint density at radius 2 is 2.08 bits per heavy atom. The van der Waals surface area contributed by atoms with Crippen LogP contribution in [-0.2, 0) is 0 Å². The number of nitrogens with zero attached hydrogens (tertiary/aromatic N) is 2. The number of piperidine rings is 1. The lowest BCUT2D eigenvalue weighted by Crippen LogP contribution is -2.41. The van der Waals surface area contributed by atoms with Crippen LogP contribution >= 0.6 is 11.6 Å². The number of hydrogen-bond acceptors (Lipinski definition) is 3. The number of rotatable bonds is 3. The molecule has 0 atom stereocenters. The molecule has 1 aromatic carbocycles. The number of halogens is 1. The zero-order valence-electron chi connectivity index (χ0n) is 13.6. The highest BCUT2D eigenvalue weighted by molar-refractivity contribution is 6.31. The second kappa shape index (κ2) is 6.76. The highest BCUT2D eigenvalue weighted by Crippen LogP contribution is 2.26. The van der Waals surface area contributed by atoms with Crippen LogP contribution in [0.15, 0.2) is 48.9 Å². The smallest absolute Gasteiger partial charge is 0.253 e. The number of pyridine rings is 1. The number of nitrogens with one attached hydrogen (secondary N) is 1. The summed E-state index contributed by atoms with van der Waals surface area (Å²) in [6, 6.07) is 9.54. The summed E-state index contributed by atoms with van der Waals surface area (Å²) in [7, 11) is 0. The third-order valence-electron chi connectivity index (χ3n) is 4.56. The minimum Gasteiger partial charge on any atom is -0.489 e. The molecule has 3 aromatic rings. The van der Waals surface area contributed by atoms with Gasteiger partial charge < -0.3 is 14.6 Å². The summed E-state index contributed by atoms with van der Waals surface area (Å²) in [4.78, 5) is 21.7. The van der Waals surface area contributed by atoms with Gasteiger partial charge in [-0.3, -0.25) is 9.78 Å². The van der Waals surface area contributed by atoms with Crippen molar-refractivity contribution in [1.29, 1.82) is 0 Å². The summed E-state index contributed by atoms with van der Waals surface area (Å²) in [6.45, 7) is 1.35. The third-order valence-corrected chi connectivity index (χ3v) is 4.84. The Morgan fingerprint density at radius 1 is 1.24 bits per heavy atom. The first-order valence-electron chi connectivity index (χ1n) is 8.33. The van der Waals surface area contributed by atoms with E-state index < -0.39 is 0 Å². The van der Waals surface area contributed by atoms with Crippen molar-refractivity contribution >= 4 is 28.4 Å². The van der Waals surface area contributed by atoms with Crippen LogP contribution in [0.25, 0.3) is 10.9 Å². The molecule has 1 amide bonds. The van der Waals surface area contributed by atoms with Crippen LogP contribution in [0.1, 0.15) is 23.2 Å². The molecule has 128 valence electrons. The molecule has 1 aliphatic rings. The number of carbonyl (C=O) groups excluding carboxylic acids is 1. The zero-order chi connectivity index (χ0) is 17.2. The summed E-state index contributed by atoms with van der Waals surface area (Å²) in [5.41, 5.74) is 1.70. The summed E-state index contributed by atoms with van der Waals surface area (Å²) in [5, 5.41) is 1.62. The quantitative estimate of drug-likeness (QED) is 0.775. The molecule has 2 aromatic heterocycles. The van der Waals surface area contributed by atoms with E-state index in [1.54, 1.807) is 18.5 Å². The standard InChI is InChI=1S/C19H18ClN3O2/c20-16-12-21-7-4-18(16)25-15-5-9-23(10-6-15)19(24)14-2-1-13-3-8-22-17(13)11-14/h1-4,7-8,11-12,15,22H,5-6,9-10H2. The number of hydrogen-bond donors (Lipinski definition) is 1. The molecule has 4 rings (SSSR count). The number of H-pyrrole nitrogens is 1. The number of aromatic amines is 1. The first-order valence-corrected chi connectivity index (χ1v) is 8.71. The molecule has 1 aliphatic heterocycles. The highest BCUT2D eigenvalue weighted by atomic mass is 35.5. The van der Waals surface area contributed by atoms with Gasteiger partial charge in [-0.2, -0.15) is 0 Å². The van der Waals surface area contributed by atoms with Gasteiger partial charge in [-0.25, -0.2) is 0 Å². The van der Waals surface area contributed by atoms with Gasteiger partial charge >= 0.3 is 0 Å². The van der Waals surface area contributed by atoms with Gasteiger partial charge in [0.05, 0.1) is 0 Å². The van der Waals surface area contributed by atoms with Gasteiger partial charge in [0, 0.05) is 61.7 Å². The van der Waals surface area contributed by atoms with E-state index in [1.807, 2.05) is 35.4 Å². The Balaban J connectivity index is 1.39. The SMILES string of the molecule is O=C(c1ccc2cc[nH]c2c1)N1CCC(Oc2ccncc2Cl)CC1. The molecule has 6 heteroatoms. The molecule has 1 N–H and O–H groups in total. The summed E-state index contributed by atoms with van der Waals surface area (Å²) < 4.78 is 5.95. The maximum atomic E-state index is 12.7. The fourth-order valence-corrected chi connectivity index (χ4v) is 3.34. The molecular formula is C19H18ClN3O2. The van der Waals surface area contributed by atoms with Crippen molar-refractivity contribution < 1.29 is 9.53 Å². The number of amides is 1. The average molecular weight is 356 g/mol. The first-order chi connectivity index (χ1) is 12.2. The fourth-order valence-electron chi connectivity index (χ4n) is 3.18. The molecule has 0 unspecified atom stereocenters. The molecule has 5 nitrogen and oxygen atoms in total. The molecule has 25 heavy (non-hydrogen) atoms. The summed E-state index contributed by atoms with van der Waals surface area (Å²) >= 11 is 6.09. The van der Waals surface area contributed by atoms with E-state index in [0.717, 1.165) is 23.7 Å². The van der Waals surface area contributed by atoms with Gasteiger partial charge in [0.1, 0.15) is 16.9 Å². The van der Waals surface area contributed by atoms with Crippen LogP contribution in [0, 0.1) is 0 Å². The van der Waals surface area contributed by atoms with E-state index in [-0.39, 0.29) is 12.0 Å². The van der Waals surface area contributed by atoms with E-state index in [9.17, 15) is 4.79 Å². The lowest BCUT2D eigenvalue weighted by Gasteiger charge is -2.32. The lowest BCUT2D eigenvalue weighted by atomic mass is 10.1. The van der Waals surface area contributed by atoms with Crippen molar-refractivity contribution in [3.63, 3.8) is 0 Å². The molecule has 3 heterocycles. The van der Waals surface area contributed by atoms with Gasteiger partial charge in [-0.15, -0.1) is 0 Å². The molecule has 0 saturated carbocycles. The van der Waals surface area contributed by atoms with Crippen molar-refractivity contribution in [2.24, 2.45) is 0 Å². The maximum Gasteiger partial charge on any atom is 0.253 e. The fraction of sp³-hybridized carbons (Fsp3) is 0.263. The maximum absolute atomic E-state index is 12.7. The predicted molar refractivity (Wildman–Crippen MR) is 97.1 cm³/mol. The normalized spacial score (nSPS) is 15.5. The van der Waals surface area contributed by atoms with Gasteiger partial charge in [0.25, 0.3) is 5.91 Å². The molecule has 0 spiro atoms. The number of carbonyl (C=O) groups is 1. The van der Waals surface area contributed by atoms with Crippen LogP contribution in [0.2, 0.25) is 5.02 Å². The minimum absolute atomic E-state index is 0.0647. The van der Waals surface area contributed by atoms with E-state index in [0.29, 0.717) is 29.4 Å². The number of ether oxygens (including phenoxy) is 1. The molecule has 0 bridgehead atoms. The number of benzene rings is 1. The first kappa shape index (κ1) is 16.0. The topological polar surface area (TPSA) is 58.2 Å². The van der Waals surface area contributed by atoms with E-state index in [4.69, 9.17) is 16.3 Å². The van der Waals surface area contributed by atoms with Gasteiger partial charge in [-0.05, 0) is 23.6 Å². The van der Waals surface area contributed by atoms with Crippen LogP contribution in [-0.4, -0.2) is 40.0 Å². The molecular weight excluding hydrogens is 338 g/mol. The monoisotopic (exact) mass is 355 g/mol. The number of fused-ring (bicyclic) bond motifs is 1. The average Bonchev–Trinajstić information content (AvgIpc) is 3.11. The van der Waals surface area contributed by atoms with Gasteiger partial charge in [0.2, 0.25) is 0 Å². The molecule has 0 radical (unpaired) electrons. The number of aromatic nitrogens is 2. The highest BCUT2D eigenvalue weighted by Gasteiger charge is 2.25. The third kappa shape index (κ3) is 3.33. The Morgan fingerprint density at radius 3 is 2.88 bits per heavy atom. The largest absolute Gasteiger partial charge is 0.489 e. The van der Waals surface area contributed by atoms with Crippen molar-refractivity contribution in [3.05, 3.63) is 59.5 Å². The second-order valence-corrected chi connectivity index (χ2v) is 6.60. The van der Waals surface area contributed by atoms with Crippen molar-refractivity contribution in [3.8, 4) is 5.75 Å².